The maximum Gasteiger partial charge on any atom is 0.409 e. The van der Waals surface area contributed by atoms with Gasteiger partial charge in [-0.05, 0) is 43.1 Å². The number of fused-ring (bicyclic) bond motifs is 1. The molecule has 4 N–H and O–H groups in total. The number of carbonyl (C=O) groups excluding carboxylic acids is 1. The number of anilines is 1. The number of nitrogens with zero attached hydrogens (tertiary/aromatic N) is 5. The quantitative estimate of drug-likeness (QED) is 0.197. The van der Waals surface area contributed by atoms with Crippen molar-refractivity contribution in [2.45, 2.75) is 69.3 Å². The molecule has 2 aliphatic heterocycles. The number of aliphatic hydroxyl groups is 3. The monoisotopic (exact) mass is 606 g/mol. The second-order valence-electron chi connectivity index (χ2n) is 11.5. The predicted octanol–water partition coefficient (Wildman–Crippen LogP) is 1.82. The highest BCUT2D eigenvalue weighted by molar-refractivity contribution is 5.83. The zero-order valence-corrected chi connectivity index (χ0v) is 24.4. The molecule has 1 aromatic carbocycles. The first kappa shape index (κ1) is 30.2. The summed E-state index contributed by atoms with van der Waals surface area (Å²) >= 11 is 0. The summed E-state index contributed by atoms with van der Waals surface area (Å²) in [6.07, 6.45) is 1.16. The van der Waals surface area contributed by atoms with Crippen LogP contribution in [0.25, 0.3) is 11.2 Å². The Morgan fingerprint density at radius 2 is 1.86 bits per heavy atom. The smallest absolute Gasteiger partial charge is 0.409 e. The summed E-state index contributed by atoms with van der Waals surface area (Å²) in [5.74, 6) is 7.50. The lowest BCUT2D eigenvalue weighted by molar-refractivity contribution is -0.0511. The van der Waals surface area contributed by atoms with Gasteiger partial charge in [-0.15, -0.1) is 0 Å². The zero-order chi connectivity index (χ0) is 30.5. The molecule has 2 saturated heterocycles. The zero-order valence-electron chi connectivity index (χ0n) is 24.4. The van der Waals surface area contributed by atoms with Crippen LogP contribution in [0.2, 0.25) is 0 Å². The number of likely N-dealkylation sites (tertiary alicyclic amines) is 1. The molecule has 0 unspecified atom stereocenters. The summed E-state index contributed by atoms with van der Waals surface area (Å²) in [6.45, 7) is 1.84. The van der Waals surface area contributed by atoms with Crippen LogP contribution in [-0.2, 0) is 20.8 Å². The number of nitrogens with one attached hydrogen (secondary N) is 1. The van der Waals surface area contributed by atoms with Crippen LogP contribution >= 0.6 is 0 Å². The number of rotatable bonds is 10. The third-order valence-electron chi connectivity index (χ3n) is 8.16. The van der Waals surface area contributed by atoms with Gasteiger partial charge in [0.1, 0.15) is 24.9 Å². The first-order valence-corrected chi connectivity index (χ1v) is 15.2. The van der Waals surface area contributed by atoms with Crippen molar-refractivity contribution in [2.24, 2.45) is 5.92 Å². The summed E-state index contributed by atoms with van der Waals surface area (Å²) in [5.41, 5.74) is 2.01. The number of aromatic nitrogens is 4. The second kappa shape index (κ2) is 13.9. The van der Waals surface area contributed by atoms with E-state index in [1.165, 1.54) is 6.33 Å². The summed E-state index contributed by atoms with van der Waals surface area (Å²) in [5, 5.41) is 33.7. The molecule has 6 rings (SSSR count). The van der Waals surface area contributed by atoms with Gasteiger partial charge in [0.2, 0.25) is 5.82 Å². The topological polar surface area (TPSA) is 164 Å². The largest absolute Gasteiger partial charge is 0.447 e. The molecule has 44 heavy (non-hydrogen) atoms. The molecule has 234 valence electrons. The van der Waals surface area contributed by atoms with Gasteiger partial charge in [0, 0.05) is 25.6 Å². The molecule has 3 fully saturated rings. The molecule has 0 radical (unpaired) electrons. The molecule has 1 amide bonds. The maximum absolute atomic E-state index is 12.5. The predicted molar refractivity (Wildman–Crippen MR) is 158 cm³/mol. The van der Waals surface area contributed by atoms with Gasteiger partial charge >= 0.3 is 6.09 Å². The van der Waals surface area contributed by atoms with E-state index in [0.29, 0.717) is 67.5 Å². The number of carbonyl (C=O) groups is 1. The number of benzene rings is 1. The highest BCUT2D eigenvalue weighted by atomic mass is 16.6. The summed E-state index contributed by atoms with van der Waals surface area (Å²) in [7, 11) is 0. The maximum atomic E-state index is 12.5. The van der Waals surface area contributed by atoms with Crippen LogP contribution in [0.5, 0.6) is 0 Å². The van der Waals surface area contributed by atoms with Crippen molar-refractivity contribution in [3.05, 3.63) is 48.0 Å². The third-order valence-corrected chi connectivity index (χ3v) is 8.16. The molecular weight excluding hydrogens is 568 g/mol. The average Bonchev–Trinajstić information content (AvgIpc) is 3.69. The van der Waals surface area contributed by atoms with E-state index in [9.17, 15) is 20.1 Å². The van der Waals surface area contributed by atoms with Gasteiger partial charge in [-0.25, -0.2) is 19.7 Å². The van der Waals surface area contributed by atoms with E-state index < -0.39 is 31.1 Å². The van der Waals surface area contributed by atoms with Crippen LogP contribution in [0.15, 0.2) is 36.7 Å². The molecule has 13 nitrogen and oxygen atoms in total. The molecule has 0 bridgehead atoms. The van der Waals surface area contributed by atoms with Crippen LogP contribution in [0, 0.1) is 17.8 Å². The molecule has 3 aliphatic rings. The highest BCUT2D eigenvalue weighted by Crippen LogP contribution is 2.33. The molecule has 1 aliphatic carbocycles. The minimum atomic E-state index is -1.26. The summed E-state index contributed by atoms with van der Waals surface area (Å²) in [6, 6.07) is 10.2. The molecular formula is C31H38N6O7. The lowest BCUT2D eigenvalue weighted by atomic mass is 9.94. The fourth-order valence-corrected chi connectivity index (χ4v) is 5.43. The van der Waals surface area contributed by atoms with Crippen LogP contribution in [-0.4, -0.2) is 103 Å². The first-order chi connectivity index (χ1) is 21.5. The lowest BCUT2D eigenvalue weighted by Gasteiger charge is -2.30. The summed E-state index contributed by atoms with van der Waals surface area (Å²) < 4.78 is 18.2. The number of amides is 1. The Morgan fingerprint density at radius 1 is 1.07 bits per heavy atom. The normalized spacial score (nSPS) is 23.8. The van der Waals surface area contributed by atoms with Crippen LogP contribution in [0.1, 0.15) is 49.7 Å². The number of ether oxygens (including phenoxy) is 3. The standard InChI is InChI=1S/C31H38N6O7/c38-17-23-26(39)27(40)30(44-23)37-19-32-25-28(33-22-9-10-22)34-24(35-29(25)37)8-4-7-20-11-13-36(14-12-20)31(41)43-16-15-42-18-21-5-2-1-3-6-21/h1-3,5-6,19-20,22-23,26-27,30,38-40H,7,9-18H2,(H,33,34,35)/t23-,26-,27-,30-/m1/s1. The van der Waals surface area contributed by atoms with Crippen molar-refractivity contribution >= 4 is 23.1 Å². The van der Waals surface area contributed by atoms with E-state index in [1.54, 1.807) is 9.47 Å². The van der Waals surface area contributed by atoms with Gasteiger partial charge in [-0.1, -0.05) is 36.3 Å². The molecule has 2 aromatic heterocycles. The fraction of sp³-hybridized carbons (Fsp3) is 0.548. The SMILES string of the molecule is O=C(OCCOCc1ccccc1)N1CCC(CC#Cc2nc(NC3CC3)c3ncn([C@@H]4O[C@H](CO)[C@@H](O)[C@H]4O)c3n2)CC1. The average molecular weight is 607 g/mol. The first-order valence-electron chi connectivity index (χ1n) is 15.2. The molecule has 4 heterocycles. The van der Waals surface area contributed by atoms with E-state index in [0.717, 1.165) is 31.2 Å². The Bertz CT molecular complexity index is 1480. The van der Waals surface area contributed by atoms with Crippen molar-refractivity contribution < 1.29 is 34.3 Å². The minimum Gasteiger partial charge on any atom is -0.447 e. The van der Waals surface area contributed by atoms with Crippen molar-refractivity contribution in [2.75, 3.05) is 38.2 Å². The van der Waals surface area contributed by atoms with E-state index in [-0.39, 0.29) is 12.7 Å². The minimum absolute atomic E-state index is 0.215. The number of aliphatic hydroxyl groups excluding tert-OH is 3. The van der Waals surface area contributed by atoms with E-state index in [1.807, 2.05) is 30.3 Å². The third kappa shape index (κ3) is 7.11. The highest BCUT2D eigenvalue weighted by Gasteiger charge is 2.44. The molecule has 4 atom stereocenters. The Labute approximate surface area is 255 Å². The van der Waals surface area contributed by atoms with Crippen molar-refractivity contribution in [3.8, 4) is 11.8 Å². The molecule has 0 spiro atoms. The summed E-state index contributed by atoms with van der Waals surface area (Å²) in [4.78, 5) is 27.9. The Morgan fingerprint density at radius 3 is 2.59 bits per heavy atom. The van der Waals surface area contributed by atoms with Gasteiger partial charge < -0.3 is 39.7 Å². The van der Waals surface area contributed by atoms with E-state index >= 15 is 0 Å². The second-order valence-corrected chi connectivity index (χ2v) is 11.5. The molecule has 3 aromatic rings. The van der Waals surface area contributed by atoms with Crippen LogP contribution in [0.4, 0.5) is 10.6 Å². The van der Waals surface area contributed by atoms with Crippen molar-refractivity contribution in [1.29, 1.82) is 0 Å². The number of piperidine rings is 1. The van der Waals surface area contributed by atoms with Crippen molar-refractivity contribution in [3.63, 3.8) is 0 Å². The Kier molecular flexibility index (Phi) is 9.54. The van der Waals surface area contributed by atoms with Gasteiger partial charge in [0.05, 0.1) is 26.1 Å². The number of hydrogen-bond acceptors (Lipinski definition) is 11. The lowest BCUT2D eigenvalue weighted by Crippen LogP contribution is -2.39. The number of imidazole rings is 1. The number of hydrogen-bond donors (Lipinski definition) is 4. The molecule has 13 heteroatoms. The van der Waals surface area contributed by atoms with Crippen LogP contribution < -0.4 is 5.32 Å². The van der Waals surface area contributed by atoms with E-state index in [2.05, 4.69) is 32.1 Å². The molecule has 1 saturated carbocycles. The Hall–Kier alpha value is -3.80. The van der Waals surface area contributed by atoms with Gasteiger partial charge in [-0.3, -0.25) is 4.57 Å². The van der Waals surface area contributed by atoms with Gasteiger partial charge in [0.15, 0.2) is 23.2 Å². The van der Waals surface area contributed by atoms with Gasteiger partial charge in [-0.2, -0.15) is 0 Å². The fourth-order valence-electron chi connectivity index (χ4n) is 5.43. The van der Waals surface area contributed by atoms with Gasteiger partial charge in [0.25, 0.3) is 0 Å². The van der Waals surface area contributed by atoms with E-state index in [4.69, 9.17) is 14.2 Å². The Balaban J connectivity index is 1.02. The van der Waals surface area contributed by atoms with Crippen molar-refractivity contribution in [1.82, 2.24) is 24.4 Å². The van der Waals surface area contributed by atoms with Crippen LogP contribution in [0.3, 0.4) is 0 Å².